The fraction of sp³-hybridized carbons (Fsp3) is 0.261. The summed E-state index contributed by atoms with van der Waals surface area (Å²) < 4.78 is 13.2. The molecule has 6 nitrogen and oxygen atoms in total. The van der Waals surface area contributed by atoms with Gasteiger partial charge in [0.25, 0.3) is 0 Å². The molecule has 1 aromatic carbocycles. The number of amides is 1. The Bertz CT molecular complexity index is 986. The van der Waals surface area contributed by atoms with Gasteiger partial charge in [-0.05, 0) is 61.8 Å². The molecule has 3 aromatic rings. The number of nitrogens with one attached hydrogen (secondary N) is 3. The summed E-state index contributed by atoms with van der Waals surface area (Å²) in [6.07, 6.45) is 6.22. The number of rotatable bonds is 6. The number of pyridine rings is 2. The summed E-state index contributed by atoms with van der Waals surface area (Å²) in [5.41, 5.74) is 2.09. The molecule has 0 radical (unpaired) electrons. The molecule has 1 fully saturated rings. The van der Waals surface area contributed by atoms with Crippen LogP contribution in [0.5, 0.6) is 0 Å². The minimum absolute atomic E-state index is 0.278. The van der Waals surface area contributed by atoms with Crippen LogP contribution >= 0.6 is 11.6 Å². The zero-order valence-electron chi connectivity index (χ0n) is 17.1. The fourth-order valence-corrected chi connectivity index (χ4v) is 3.30. The topological polar surface area (TPSA) is 78.9 Å². The minimum Gasteiger partial charge on any atom is -0.366 e. The minimum atomic E-state index is -0.278. The van der Waals surface area contributed by atoms with Crippen LogP contribution in [0.1, 0.15) is 24.8 Å². The molecule has 3 heterocycles. The summed E-state index contributed by atoms with van der Waals surface area (Å²) in [5, 5.41) is 9.34. The molecule has 1 aliphatic heterocycles. The highest BCUT2D eigenvalue weighted by Crippen LogP contribution is 2.28. The number of benzene rings is 1. The van der Waals surface area contributed by atoms with E-state index in [0.29, 0.717) is 40.9 Å². The van der Waals surface area contributed by atoms with Gasteiger partial charge in [-0.1, -0.05) is 36.2 Å². The highest BCUT2D eigenvalue weighted by molar-refractivity contribution is 6.33. The lowest BCUT2D eigenvalue weighted by Crippen LogP contribution is -2.21. The van der Waals surface area contributed by atoms with E-state index in [4.69, 9.17) is 11.6 Å². The van der Waals surface area contributed by atoms with Crippen LogP contribution in [0, 0.1) is 5.82 Å². The fourth-order valence-electron chi connectivity index (χ4n) is 3.10. The zero-order valence-corrected chi connectivity index (χ0v) is 17.8. The van der Waals surface area contributed by atoms with Gasteiger partial charge in [-0.2, -0.15) is 0 Å². The number of carbonyl (C=O) groups excluding carboxylic acids is 1. The van der Waals surface area contributed by atoms with Crippen LogP contribution < -0.4 is 16.0 Å². The quantitative estimate of drug-likeness (QED) is 0.475. The summed E-state index contributed by atoms with van der Waals surface area (Å²) in [6.45, 7) is 2.94. The molecule has 162 valence electrons. The SMILES string of the molecule is C1CCNCC1.O=CNc1cc(-c2cccc(NCc3cccc(F)c3)n2)c(Cl)cn1. The van der Waals surface area contributed by atoms with E-state index in [-0.39, 0.29) is 5.82 Å². The summed E-state index contributed by atoms with van der Waals surface area (Å²) >= 11 is 6.19. The third kappa shape index (κ3) is 7.31. The lowest BCUT2D eigenvalue weighted by Gasteiger charge is -2.09. The Kier molecular flexibility index (Phi) is 8.75. The molecule has 4 rings (SSSR count). The van der Waals surface area contributed by atoms with Gasteiger partial charge < -0.3 is 16.0 Å². The van der Waals surface area contributed by atoms with Crippen molar-refractivity contribution in [2.75, 3.05) is 23.7 Å². The third-order valence-corrected chi connectivity index (χ3v) is 4.96. The predicted octanol–water partition coefficient (Wildman–Crippen LogP) is 4.88. The monoisotopic (exact) mass is 441 g/mol. The molecule has 2 aromatic heterocycles. The largest absolute Gasteiger partial charge is 0.366 e. The smallest absolute Gasteiger partial charge is 0.212 e. The Morgan fingerprint density at radius 1 is 1.06 bits per heavy atom. The first-order chi connectivity index (χ1) is 15.2. The molecule has 1 saturated heterocycles. The maximum atomic E-state index is 13.2. The van der Waals surface area contributed by atoms with Crippen molar-refractivity contribution < 1.29 is 9.18 Å². The summed E-state index contributed by atoms with van der Waals surface area (Å²) in [4.78, 5) is 19.1. The Morgan fingerprint density at radius 3 is 2.55 bits per heavy atom. The Balaban J connectivity index is 0.000000391. The first kappa shape index (κ1) is 22.7. The average Bonchev–Trinajstić information content (AvgIpc) is 2.81. The van der Waals surface area contributed by atoms with Crippen LogP contribution in [0.3, 0.4) is 0 Å². The molecule has 1 aliphatic rings. The number of piperidine rings is 1. The molecule has 0 saturated carbocycles. The second-order valence-corrected chi connectivity index (χ2v) is 7.42. The lowest BCUT2D eigenvalue weighted by molar-refractivity contribution is -0.105. The van der Waals surface area contributed by atoms with Gasteiger partial charge in [-0.15, -0.1) is 0 Å². The second-order valence-electron chi connectivity index (χ2n) is 7.01. The van der Waals surface area contributed by atoms with Gasteiger partial charge in [0.15, 0.2) is 0 Å². The molecular formula is C23H25ClFN5O. The highest BCUT2D eigenvalue weighted by atomic mass is 35.5. The van der Waals surface area contributed by atoms with E-state index < -0.39 is 0 Å². The standard InChI is InChI=1S/C18H14ClFN4O.C5H11N/c19-15-10-22-18(23-11-25)8-14(15)16-5-2-6-17(24-16)21-9-12-3-1-4-13(20)7-12;1-2-4-6-5-3-1/h1-8,10-11H,9H2,(H,21,24)(H,22,23,25);6H,1-5H2. The van der Waals surface area contributed by atoms with E-state index in [1.54, 1.807) is 18.2 Å². The molecule has 0 spiro atoms. The van der Waals surface area contributed by atoms with E-state index in [0.717, 1.165) is 5.56 Å². The second kappa shape index (κ2) is 12.0. The van der Waals surface area contributed by atoms with Crippen LogP contribution in [0.4, 0.5) is 16.0 Å². The van der Waals surface area contributed by atoms with Gasteiger partial charge in [-0.25, -0.2) is 14.4 Å². The first-order valence-corrected chi connectivity index (χ1v) is 10.6. The van der Waals surface area contributed by atoms with Crippen molar-refractivity contribution in [3.8, 4) is 11.3 Å². The van der Waals surface area contributed by atoms with Gasteiger partial charge in [0.2, 0.25) is 6.41 Å². The third-order valence-electron chi connectivity index (χ3n) is 4.66. The van der Waals surface area contributed by atoms with E-state index >= 15 is 0 Å². The lowest BCUT2D eigenvalue weighted by atomic mass is 10.1. The van der Waals surface area contributed by atoms with E-state index in [1.165, 1.54) is 50.7 Å². The normalized spacial score (nSPS) is 13.0. The van der Waals surface area contributed by atoms with Crippen molar-refractivity contribution in [3.05, 3.63) is 71.1 Å². The number of nitrogens with zero attached hydrogens (tertiary/aromatic N) is 2. The van der Waals surface area contributed by atoms with Gasteiger partial charge in [0, 0.05) is 18.3 Å². The van der Waals surface area contributed by atoms with Crippen molar-refractivity contribution in [2.24, 2.45) is 0 Å². The molecule has 0 bridgehead atoms. The highest BCUT2D eigenvalue weighted by Gasteiger charge is 2.08. The predicted molar refractivity (Wildman–Crippen MR) is 123 cm³/mol. The van der Waals surface area contributed by atoms with Crippen molar-refractivity contribution in [3.63, 3.8) is 0 Å². The summed E-state index contributed by atoms with van der Waals surface area (Å²) in [6, 6.07) is 13.5. The molecule has 8 heteroatoms. The van der Waals surface area contributed by atoms with E-state index in [1.807, 2.05) is 18.2 Å². The van der Waals surface area contributed by atoms with Crippen LogP contribution in [0.25, 0.3) is 11.3 Å². The van der Waals surface area contributed by atoms with Gasteiger partial charge >= 0.3 is 0 Å². The molecule has 3 N–H and O–H groups in total. The van der Waals surface area contributed by atoms with Crippen LogP contribution in [0.15, 0.2) is 54.7 Å². The average molecular weight is 442 g/mol. The van der Waals surface area contributed by atoms with Crippen molar-refractivity contribution in [1.82, 2.24) is 15.3 Å². The first-order valence-electron chi connectivity index (χ1n) is 10.2. The van der Waals surface area contributed by atoms with E-state index in [9.17, 15) is 9.18 Å². The summed E-state index contributed by atoms with van der Waals surface area (Å²) in [5.74, 6) is 0.730. The molecule has 0 unspecified atom stereocenters. The number of hydrogen-bond donors (Lipinski definition) is 3. The Hall–Kier alpha value is -3.03. The maximum Gasteiger partial charge on any atom is 0.212 e. The molecule has 1 amide bonds. The number of anilines is 2. The van der Waals surface area contributed by atoms with Gasteiger partial charge in [0.05, 0.1) is 10.7 Å². The number of halogens is 2. The zero-order chi connectivity index (χ0) is 21.9. The Labute approximate surface area is 186 Å². The van der Waals surface area contributed by atoms with Crippen LogP contribution in [-0.4, -0.2) is 29.5 Å². The number of hydrogen-bond acceptors (Lipinski definition) is 5. The van der Waals surface area contributed by atoms with Crippen molar-refractivity contribution >= 4 is 29.6 Å². The van der Waals surface area contributed by atoms with Gasteiger partial charge in [0.1, 0.15) is 17.5 Å². The van der Waals surface area contributed by atoms with Crippen molar-refractivity contribution in [2.45, 2.75) is 25.8 Å². The summed E-state index contributed by atoms with van der Waals surface area (Å²) in [7, 11) is 0. The number of aromatic nitrogens is 2. The van der Waals surface area contributed by atoms with E-state index in [2.05, 4.69) is 25.9 Å². The van der Waals surface area contributed by atoms with Crippen molar-refractivity contribution in [1.29, 1.82) is 0 Å². The maximum absolute atomic E-state index is 13.2. The van der Waals surface area contributed by atoms with Crippen LogP contribution in [-0.2, 0) is 11.3 Å². The van der Waals surface area contributed by atoms with Gasteiger partial charge in [-0.3, -0.25) is 4.79 Å². The molecule has 0 atom stereocenters. The Morgan fingerprint density at radius 2 is 1.87 bits per heavy atom. The number of carbonyl (C=O) groups is 1. The molecule has 0 aliphatic carbocycles. The van der Waals surface area contributed by atoms with Crippen LogP contribution in [0.2, 0.25) is 5.02 Å². The molecule has 31 heavy (non-hydrogen) atoms. The molecular weight excluding hydrogens is 417 g/mol.